The lowest BCUT2D eigenvalue weighted by atomic mass is 9.93. The minimum Gasteiger partial charge on any atom is -0.373 e. The number of H-pyrrole nitrogens is 1. The first-order valence-electron chi connectivity index (χ1n) is 9.27. The third-order valence-corrected chi connectivity index (χ3v) is 4.93. The molecule has 4 rings (SSSR count). The number of nitrogens with one attached hydrogen (secondary N) is 2. The van der Waals surface area contributed by atoms with Crippen LogP contribution >= 0.6 is 0 Å². The highest BCUT2D eigenvalue weighted by Gasteiger charge is 2.19. The maximum absolute atomic E-state index is 4.46. The molecule has 0 spiro atoms. The van der Waals surface area contributed by atoms with Gasteiger partial charge in [-0.05, 0) is 35.3 Å². The summed E-state index contributed by atoms with van der Waals surface area (Å²) in [7, 11) is 0. The molecule has 0 radical (unpaired) electrons. The van der Waals surface area contributed by atoms with E-state index in [0.29, 0.717) is 0 Å². The second-order valence-electron chi connectivity index (χ2n) is 6.70. The minimum absolute atomic E-state index is 0.0423. The summed E-state index contributed by atoms with van der Waals surface area (Å²) < 4.78 is 0. The molecule has 0 aliphatic carbocycles. The molecule has 27 heavy (non-hydrogen) atoms. The van der Waals surface area contributed by atoms with Gasteiger partial charge in [0.1, 0.15) is 0 Å². The van der Waals surface area contributed by atoms with E-state index in [1.807, 2.05) is 30.7 Å². The number of aryl methyl sites for hydroxylation is 1. The molecule has 2 aromatic carbocycles. The largest absolute Gasteiger partial charge is 0.373 e. The lowest BCUT2D eigenvalue weighted by Crippen LogP contribution is -2.12. The van der Waals surface area contributed by atoms with Gasteiger partial charge < -0.3 is 10.3 Å². The summed E-state index contributed by atoms with van der Waals surface area (Å²) in [6.07, 6.45) is 6.79. The maximum Gasteiger partial charge on any atom is 0.0768 e. The molecule has 0 aliphatic heterocycles. The average Bonchev–Trinajstić information content (AvgIpc) is 3.16. The van der Waals surface area contributed by atoms with Gasteiger partial charge in [-0.2, -0.15) is 0 Å². The van der Waals surface area contributed by atoms with Crippen molar-refractivity contribution in [3.05, 3.63) is 103 Å². The fourth-order valence-corrected chi connectivity index (χ4v) is 3.44. The second kappa shape index (κ2) is 7.50. The molecule has 0 saturated heterocycles. The molecular weight excluding hydrogens is 330 g/mol. The number of nitrogens with zero attached hydrogens (tertiary/aromatic N) is 1. The zero-order chi connectivity index (χ0) is 18.6. The summed E-state index contributed by atoms with van der Waals surface area (Å²) in [4.78, 5) is 7.73. The van der Waals surface area contributed by atoms with Crippen LogP contribution in [0.4, 0.5) is 5.69 Å². The molecule has 0 saturated carbocycles. The number of para-hydroxylation sites is 1. The Morgan fingerprint density at radius 2 is 1.85 bits per heavy atom. The molecule has 2 aromatic heterocycles. The first-order chi connectivity index (χ1) is 13.3. The summed E-state index contributed by atoms with van der Waals surface area (Å²) in [5.74, 6) is 0. The predicted octanol–water partition coefficient (Wildman–Crippen LogP) is 5.99. The SMILES string of the molecule is C=C(c1c[nH]c2ccccc12)C(Nc1cncc(CC)c1)c1ccccc1. The number of hydrogen-bond acceptors (Lipinski definition) is 2. The van der Waals surface area contributed by atoms with Gasteiger partial charge in [0.2, 0.25) is 0 Å². The number of aromatic amines is 1. The Labute approximate surface area is 159 Å². The van der Waals surface area contributed by atoms with E-state index in [0.717, 1.165) is 28.8 Å². The van der Waals surface area contributed by atoms with Gasteiger partial charge >= 0.3 is 0 Å². The van der Waals surface area contributed by atoms with E-state index in [9.17, 15) is 0 Å². The Balaban J connectivity index is 1.74. The number of benzene rings is 2. The molecular formula is C24H23N3. The van der Waals surface area contributed by atoms with Gasteiger partial charge in [0.05, 0.1) is 11.7 Å². The number of pyridine rings is 1. The molecule has 4 aromatic rings. The van der Waals surface area contributed by atoms with Crippen LogP contribution < -0.4 is 5.32 Å². The van der Waals surface area contributed by atoms with Crippen molar-refractivity contribution in [3.63, 3.8) is 0 Å². The van der Waals surface area contributed by atoms with Crippen molar-refractivity contribution < 1.29 is 0 Å². The standard InChI is InChI=1S/C24H23N3/c1-3-18-13-20(15-25-14-18)27-24(19-9-5-4-6-10-19)17(2)22-16-26-23-12-8-7-11-21(22)23/h4-16,24,26-27H,2-3H2,1H3. The summed E-state index contributed by atoms with van der Waals surface area (Å²) in [5.41, 5.74) is 6.67. The minimum atomic E-state index is -0.0423. The van der Waals surface area contributed by atoms with Crippen LogP contribution in [0.5, 0.6) is 0 Å². The van der Waals surface area contributed by atoms with E-state index in [1.165, 1.54) is 16.5 Å². The first kappa shape index (κ1) is 17.1. The van der Waals surface area contributed by atoms with Crippen LogP contribution in [-0.2, 0) is 6.42 Å². The molecule has 0 amide bonds. The summed E-state index contributed by atoms with van der Waals surface area (Å²) in [6.45, 7) is 6.60. The fourth-order valence-electron chi connectivity index (χ4n) is 3.44. The lowest BCUT2D eigenvalue weighted by Gasteiger charge is -2.23. The van der Waals surface area contributed by atoms with Crippen molar-refractivity contribution in [2.24, 2.45) is 0 Å². The van der Waals surface area contributed by atoms with Gasteiger partial charge in [0.15, 0.2) is 0 Å². The van der Waals surface area contributed by atoms with Crippen LogP contribution in [0.15, 0.2) is 85.8 Å². The van der Waals surface area contributed by atoms with Crippen LogP contribution in [0, 0.1) is 0 Å². The Morgan fingerprint density at radius 3 is 2.67 bits per heavy atom. The van der Waals surface area contributed by atoms with Crippen LogP contribution in [0.3, 0.4) is 0 Å². The van der Waals surface area contributed by atoms with Crippen molar-refractivity contribution in [2.75, 3.05) is 5.32 Å². The van der Waals surface area contributed by atoms with E-state index in [-0.39, 0.29) is 6.04 Å². The van der Waals surface area contributed by atoms with E-state index in [2.05, 4.69) is 77.3 Å². The van der Waals surface area contributed by atoms with E-state index >= 15 is 0 Å². The number of fused-ring (bicyclic) bond motifs is 1. The Bertz CT molecular complexity index is 1060. The molecule has 3 nitrogen and oxygen atoms in total. The van der Waals surface area contributed by atoms with E-state index < -0.39 is 0 Å². The van der Waals surface area contributed by atoms with Crippen molar-refractivity contribution in [1.29, 1.82) is 0 Å². The molecule has 134 valence electrons. The van der Waals surface area contributed by atoms with Gasteiger partial charge in [0, 0.05) is 35.1 Å². The highest BCUT2D eigenvalue weighted by Crippen LogP contribution is 2.35. The monoisotopic (exact) mass is 353 g/mol. The summed E-state index contributed by atoms with van der Waals surface area (Å²) in [5, 5.41) is 4.83. The number of anilines is 1. The van der Waals surface area contributed by atoms with Crippen LogP contribution in [-0.4, -0.2) is 9.97 Å². The topological polar surface area (TPSA) is 40.7 Å². The lowest BCUT2D eigenvalue weighted by molar-refractivity contribution is 0.998. The van der Waals surface area contributed by atoms with Gasteiger partial charge in [0.25, 0.3) is 0 Å². The highest BCUT2D eigenvalue weighted by molar-refractivity contribution is 5.93. The Morgan fingerprint density at radius 1 is 1.07 bits per heavy atom. The van der Waals surface area contributed by atoms with Crippen LogP contribution in [0.2, 0.25) is 0 Å². The van der Waals surface area contributed by atoms with E-state index in [4.69, 9.17) is 0 Å². The fraction of sp³-hybridized carbons (Fsp3) is 0.125. The zero-order valence-electron chi connectivity index (χ0n) is 15.4. The summed E-state index contributed by atoms with van der Waals surface area (Å²) >= 11 is 0. The third kappa shape index (κ3) is 3.49. The molecule has 0 aliphatic rings. The predicted molar refractivity (Wildman–Crippen MR) is 114 cm³/mol. The Kier molecular flexibility index (Phi) is 4.75. The molecule has 0 fully saturated rings. The second-order valence-corrected chi connectivity index (χ2v) is 6.70. The van der Waals surface area contributed by atoms with Gasteiger partial charge in [-0.1, -0.05) is 62.0 Å². The third-order valence-electron chi connectivity index (χ3n) is 4.93. The van der Waals surface area contributed by atoms with Gasteiger partial charge in [-0.15, -0.1) is 0 Å². The number of rotatable bonds is 6. The zero-order valence-corrected chi connectivity index (χ0v) is 15.4. The Hall–Kier alpha value is -3.33. The smallest absolute Gasteiger partial charge is 0.0768 e. The molecule has 2 heterocycles. The summed E-state index contributed by atoms with van der Waals surface area (Å²) in [6, 6.07) is 20.9. The van der Waals surface area contributed by atoms with Crippen LogP contribution in [0.25, 0.3) is 16.5 Å². The van der Waals surface area contributed by atoms with Crippen molar-refractivity contribution in [3.8, 4) is 0 Å². The average molecular weight is 353 g/mol. The molecule has 1 unspecified atom stereocenters. The van der Waals surface area contributed by atoms with Crippen molar-refractivity contribution in [1.82, 2.24) is 9.97 Å². The maximum atomic E-state index is 4.46. The van der Waals surface area contributed by atoms with Crippen molar-refractivity contribution >= 4 is 22.2 Å². The highest BCUT2D eigenvalue weighted by atomic mass is 14.9. The van der Waals surface area contributed by atoms with Gasteiger partial charge in [-0.3, -0.25) is 4.98 Å². The number of aromatic nitrogens is 2. The molecule has 0 bridgehead atoms. The van der Waals surface area contributed by atoms with Crippen molar-refractivity contribution in [2.45, 2.75) is 19.4 Å². The normalized spacial score (nSPS) is 12.0. The molecule has 1 atom stereocenters. The van der Waals surface area contributed by atoms with Crippen LogP contribution in [0.1, 0.15) is 29.7 Å². The van der Waals surface area contributed by atoms with Gasteiger partial charge in [-0.25, -0.2) is 0 Å². The molecule has 3 heteroatoms. The first-order valence-corrected chi connectivity index (χ1v) is 9.27. The molecule has 2 N–H and O–H groups in total. The quantitative estimate of drug-likeness (QED) is 0.447. The number of hydrogen-bond donors (Lipinski definition) is 2. The van der Waals surface area contributed by atoms with E-state index in [1.54, 1.807) is 0 Å².